The molecule has 0 spiro atoms. The maximum absolute atomic E-state index is 13.9. The van der Waals surface area contributed by atoms with Gasteiger partial charge in [0.15, 0.2) is 6.61 Å². The maximum Gasteiger partial charge on any atom is 0.385 e. The van der Waals surface area contributed by atoms with E-state index in [0.717, 1.165) is 25.7 Å². The van der Waals surface area contributed by atoms with Gasteiger partial charge in [0.1, 0.15) is 0 Å². The lowest BCUT2D eigenvalue weighted by Gasteiger charge is -2.42. The van der Waals surface area contributed by atoms with Crippen LogP contribution in [-0.2, 0) is 9.53 Å². The Morgan fingerprint density at radius 1 is 0.675 bits per heavy atom. The first kappa shape index (κ1) is 36.4. The molecule has 0 atom stereocenters. The van der Waals surface area contributed by atoms with Gasteiger partial charge in [-0.25, -0.2) is 8.78 Å². The molecule has 1 fully saturated rings. The summed E-state index contributed by atoms with van der Waals surface area (Å²) in [7, 11) is 0. The highest BCUT2D eigenvalue weighted by atomic mass is 19.4. The summed E-state index contributed by atoms with van der Waals surface area (Å²) in [5.74, 6) is -57.1. The molecular weight excluding hydrogens is 600 g/mol. The van der Waals surface area contributed by atoms with Crippen LogP contribution in [0.2, 0.25) is 0 Å². The van der Waals surface area contributed by atoms with Crippen LogP contribution in [0.4, 0.5) is 70.2 Å². The number of ether oxygens (including phenoxy) is 1. The van der Waals surface area contributed by atoms with Gasteiger partial charge in [0.05, 0.1) is 0 Å². The van der Waals surface area contributed by atoms with Crippen molar-refractivity contribution in [3.05, 3.63) is 0 Å². The molecule has 0 aromatic heterocycles. The van der Waals surface area contributed by atoms with Gasteiger partial charge in [-0.1, -0.05) is 45.4 Å². The zero-order valence-corrected chi connectivity index (χ0v) is 20.7. The summed E-state index contributed by atoms with van der Waals surface area (Å²) in [6.45, 7) is -1.13. The van der Waals surface area contributed by atoms with Gasteiger partial charge < -0.3 is 4.74 Å². The van der Waals surface area contributed by atoms with Crippen LogP contribution in [0.5, 0.6) is 0 Å². The van der Waals surface area contributed by atoms with Crippen LogP contribution in [0, 0.1) is 11.8 Å². The predicted octanol–water partition coefficient (Wildman–Crippen LogP) is 9.02. The Hall–Kier alpha value is -1.65. The Labute approximate surface area is 217 Å². The molecule has 1 aliphatic carbocycles. The third-order valence-corrected chi connectivity index (χ3v) is 6.78. The molecule has 0 aliphatic heterocycles. The fourth-order valence-electron chi connectivity index (χ4n) is 4.13. The minimum Gasteiger partial charge on any atom is -0.459 e. The molecule has 0 radical (unpaired) electrons. The Kier molecular flexibility index (Phi) is 11.2. The van der Waals surface area contributed by atoms with E-state index in [-0.39, 0.29) is 0 Å². The summed E-state index contributed by atoms with van der Waals surface area (Å²) in [4.78, 5) is 11.8. The van der Waals surface area contributed by atoms with E-state index in [1.54, 1.807) is 0 Å². The lowest BCUT2D eigenvalue weighted by Crippen LogP contribution is -2.74. The van der Waals surface area contributed by atoms with Gasteiger partial charge in [0.2, 0.25) is 0 Å². The van der Waals surface area contributed by atoms with Crippen molar-refractivity contribution in [2.75, 3.05) is 6.61 Å². The van der Waals surface area contributed by atoms with Crippen molar-refractivity contribution in [1.82, 2.24) is 0 Å². The van der Waals surface area contributed by atoms with E-state index < -0.39 is 72.8 Å². The molecule has 0 unspecified atom stereocenters. The molecule has 1 saturated carbocycles. The number of rotatable bonds is 15. The number of unbranched alkanes of at least 4 members (excludes halogenated alkanes) is 2. The Morgan fingerprint density at radius 3 is 1.55 bits per heavy atom. The van der Waals surface area contributed by atoms with E-state index in [9.17, 15) is 75.0 Å². The number of halogens is 16. The topological polar surface area (TPSA) is 26.3 Å². The molecule has 238 valence electrons. The van der Waals surface area contributed by atoms with Crippen molar-refractivity contribution in [2.24, 2.45) is 11.8 Å². The lowest BCUT2D eigenvalue weighted by atomic mass is 9.78. The van der Waals surface area contributed by atoms with Gasteiger partial charge in [-0.15, -0.1) is 0 Å². The van der Waals surface area contributed by atoms with Gasteiger partial charge in [-0.3, -0.25) is 4.79 Å². The first-order valence-electron chi connectivity index (χ1n) is 11.9. The van der Waals surface area contributed by atoms with E-state index in [2.05, 4.69) is 4.74 Å². The molecule has 0 aromatic carbocycles. The molecular formula is C22H26F16O2. The van der Waals surface area contributed by atoms with Crippen molar-refractivity contribution in [3.63, 3.8) is 0 Å². The van der Waals surface area contributed by atoms with Crippen LogP contribution in [0.3, 0.4) is 0 Å². The SMILES string of the molecule is CCCCC[C@H]1CC[C@H](CC(=O)OCC(F)(F)C(F)(F)C(F)(F)C(F)(F)C(F)(F)C(F)(F)C(F)(F)C(F)F)CC1. The van der Waals surface area contributed by atoms with Crippen molar-refractivity contribution in [3.8, 4) is 0 Å². The average molecular weight is 626 g/mol. The van der Waals surface area contributed by atoms with Gasteiger partial charge in [-0.2, -0.15) is 61.5 Å². The number of carbonyl (C=O) groups excluding carboxylic acids is 1. The first-order chi connectivity index (χ1) is 17.8. The van der Waals surface area contributed by atoms with Crippen molar-refractivity contribution in [2.45, 2.75) is 113 Å². The van der Waals surface area contributed by atoms with Crippen LogP contribution in [0.1, 0.15) is 64.7 Å². The Balaban J connectivity index is 2.99. The minimum atomic E-state index is -8.46. The molecule has 2 nitrogen and oxygen atoms in total. The van der Waals surface area contributed by atoms with Gasteiger partial charge in [0, 0.05) is 6.42 Å². The number of alkyl halides is 16. The van der Waals surface area contributed by atoms with Crippen LogP contribution in [-0.4, -0.2) is 60.5 Å². The van der Waals surface area contributed by atoms with Crippen LogP contribution < -0.4 is 0 Å². The summed E-state index contributed by atoms with van der Waals surface area (Å²) in [5.41, 5.74) is 0. The average Bonchev–Trinajstić information content (AvgIpc) is 2.83. The fourth-order valence-corrected chi connectivity index (χ4v) is 4.13. The number of carbonyl (C=O) groups is 1. The largest absolute Gasteiger partial charge is 0.459 e. The second-order valence-corrected chi connectivity index (χ2v) is 9.75. The molecule has 0 heterocycles. The third-order valence-electron chi connectivity index (χ3n) is 6.78. The van der Waals surface area contributed by atoms with Gasteiger partial charge in [-0.05, 0) is 24.7 Å². The molecule has 1 rings (SSSR count). The smallest absolute Gasteiger partial charge is 0.385 e. The highest BCUT2D eigenvalue weighted by molar-refractivity contribution is 5.69. The van der Waals surface area contributed by atoms with Crippen molar-refractivity contribution < 1.29 is 79.8 Å². The molecule has 40 heavy (non-hydrogen) atoms. The van der Waals surface area contributed by atoms with E-state index in [4.69, 9.17) is 0 Å². The van der Waals surface area contributed by atoms with E-state index in [1.165, 1.54) is 0 Å². The fraction of sp³-hybridized carbons (Fsp3) is 0.955. The summed E-state index contributed by atoms with van der Waals surface area (Å²) >= 11 is 0. The number of hydrogen-bond acceptors (Lipinski definition) is 2. The zero-order valence-electron chi connectivity index (χ0n) is 20.7. The van der Waals surface area contributed by atoms with Crippen LogP contribution in [0.15, 0.2) is 0 Å². The summed E-state index contributed by atoms with van der Waals surface area (Å²) in [6, 6.07) is 0. The van der Waals surface area contributed by atoms with E-state index in [1.807, 2.05) is 6.92 Å². The summed E-state index contributed by atoms with van der Waals surface area (Å²) in [6.07, 6.45) is -0.838. The molecule has 1 aliphatic rings. The molecule has 0 aromatic rings. The Morgan fingerprint density at radius 2 is 1.10 bits per heavy atom. The molecule has 0 saturated heterocycles. The second-order valence-electron chi connectivity index (χ2n) is 9.75. The summed E-state index contributed by atoms with van der Waals surface area (Å²) in [5, 5.41) is 0. The molecule has 0 bridgehead atoms. The number of hydrogen-bond donors (Lipinski definition) is 0. The Bertz CT molecular complexity index is 835. The first-order valence-corrected chi connectivity index (χ1v) is 11.9. The monoisotopic (exact) mass is 626 g/mol. The van der Waals surface area contributed by atoms with Crippen molar-refractivity contribution >= 4 is 5.97 Å². The predicted molar refractivity (Wildman–Crippen MR) is 106 cm³/mol. The maximum atomic E-state index is 13.9. The normalized spacial score (nSPS) is 20.6. The van der Waals surface area contributed by atoms with Crippen molar-refractivity contribution in [1.29, 1.82) is 0 Å². The van der Waals surface area contributed by atoms with Gasteiger partial charge >= 0.3 is 53.9 Å². The highest BCUT2D eigenvalue weighted by Crippen LogP contribution is 2.62. The van der Waals surface area contributed by atoms with Gasteiger partial charge in [0.25, 0.3) is 0 Å². The molecule has 18 heteroatoms. The molecule has 0 N–H and O–H groups in total. The van der Waals surface area contributed by atoms with E-state index >= 15 is 0 Å². The lowest BCUT2D eigenvalue weighted by molar-refractivity contribution is -0.447. The third kappa shape index (κ3) is 6.54. The van der Waals surface area contributed by atoms with E-state index in [0.29, 0.717) is 31.6 Å². The van der Waals surface area contributed by atoms with Crippen LogP contribution in [0.25, 0.3) is 0 Å². The highest BCUT2D eigenvalue weighted by Gasteiger charge is 2.93. The zero-order chi connectivity index (χ0) is 31.6. The summed E-state index contributed by atoms with van der Waals surface area (Å²) < 4.78 is 217. The van der Waals surface area contributed by atoms with Crippen LogP contribution >= 0.6 is 0 Å². The standard InChI is InChI=1S/C22H26F16O2/c1-2-3-4-5-12-6-8-13(9-7-12)10-14(39)40-11-16(25,26)18(29,30)20(33,34)22(37,38)21(35,36)19(31,32)17(27,28)15(23)24/h12-13,15H,2-11H2,1H3/t12-,13-. The molecule has 0 amide bonds. The minimum absolute atomic E-state index is 0.303. The quantitative estimate of drug-likeness (QED) is 0.103. The second kappa shape index (κ2) is 12.3. The number of esters is 1.